The van der Waals surface area contributed by atoms with Gasteiger partial charge in [-0.1, -0.05) is 70.1 Å². The molecule has 0 N–H and O–H groups in total. The first-order chi connectivity index (χ1) is 11.9. The van der Waals surface area contributed by atoms with Crippen LogP contribution >= 0.6 is 0 Å². The third-order valence-corrected chi connectivity index (χ3v) is 4.36. The van der Waals surface area contributed by atoms with Gasteiger partial charge in [-0.3, -0.25) is 0 Å². The quantitative estimate of drug-likeness (QED) is 0.502. The predicted octanol–water partition coefficient (Wildman–Crippen LogP) is 4.80. The zero-order valence-corrected chi connectivity index (χ0v) is 14.4. The van der Waals surface area contributed by atoms with Gasteiger partial charge in [0.2, 0.25) is 5.88 Å². The van der Waals surface area contributed by atoms with E-state index in [2.05, 4.69) is 22.2 Å². The molecular formula is C19H26N4O. The Balaban J connectivity index is 1.52. The minimum atomic E-state index is 0.667. The molecule has 24 heavy (non-hydrogen) atoms. The number of nitrogens with zero attached hydrogens (tertiary/aromatic N) is 4. The van der Waals surface area contributed by atoms with E-state index in [0.29, 0.717) is 12.5 Å². The largest absolute Gasteiger partial charge is 0.476 e. The van der Waals surface area contributed by atoms with Crippen LogP contribution in [-0.2, 0) is 0 Å². The molecule has 0 aliphatic heterocycles. The summed E-state index contributed by atoms with van der Waals surface area (Å²) in [6, 6.07) is 8.06. The summed E-state index contributed by atoms with van der Waals surface area (Å²) in [5.74, 6) is 0.667. The fraction of sp³-hybridized carbons (Fsp3) is 0.526. The molecule has 0 aliphatic carbocycles. The molecule has 0 saturated carbocycles. The second kappa shape index (κ2) is 8.62. The van der Waals surface area contributed by atoms with Crippen LogP contribution in [0.4, 0.5) is 0 Å². The molecule has 5 heteroatoms. The van der Waals surface area contributed by atoms with Gasteiger partial charge in [-0.05, 0) is 12.5 Å². The summed E-state index contributed by atoms with van der Waals surface area (Å²) in [7, 11) is 0. The van der Waals surface area contributed by atoms with Gasteiger partial charge in [0.05, 0.1) is 6.61 Å². The van der Waals surface area contributed by atoms with Crippen LogP contribution in [0.1, 0.15) is 58.3 Å². The van der Waals surface area contributed by atoms with Gasteiger partial charge in [0.1, 0.15) is 6.33 Å². The molecule has 128 valence electrons. The van der Waals surface area contributed by atoms with Crippen LogP contribution in [0.2, 0.25) is 0 Å². The third kappa shape index (κ3) is 4.02. The molecule has 0 bridgehead atoms. The van der Waals surface area contributed by atoms with E-state index in [1.165, 1.54) is 44.9 Å². The third-order valence-electron chi connectivity index (χ3n) is 4.36. The molecule has 0 spiro atoms. The highest BCUT2D eigenvalue weighted by Crippen LogP contribution is 2.25. The van der Waals surface area contributed by atoms with E-state index in [-0.39, 0.29) is 0 Å². The summed E-state index contributed by atoms with van der Waals surface area (Å²) in [6.07, 6.45) is 12.0. The van der Waals surface area contributed by atoms with Crippen molar-refractivity contribution < 1.29 is 4.74 Å². The van der Waals surface area contributed by atoms with Crippen molar-refractivity contribution in [3.05, 3.63) is 30.6 Å². The van der Waals surface area contributed by atoms with E-state index in [4.69, 9.17) is 4.74 Å². The molecular weight excluding hydrogens is 300 g/mol. The monoisotopic (exact) mass is 326 g/mol. The minimum Gasteiger partial charge on any atom is -0.476 e. The molecule has 3 aromatic rings. The number of hydrogen-bond acceptors (Lipinski definition) is 4. The van der Waals surface area contributed by atoms with Gasteiger partial charge in [-0.2, -0.15) is 4.52 Å². The topological polar surface area (TPSA) is 52.3 Å². The molecule has 0 fully saturated rings. The molecule has 0 unspecified atom stereocenters. The van der Waals surface area contributed by atoms with Gasteiger partial charge in [-0.25, -0.2) is 0 Å². The van der Waals surface area contributed by atoms with Crippen molar-refractivity contribution in [2.24, 2.45) is 0 Å². The van der Waals surface area contributed by atoms with E-state index < -0.39 is 0 Å². The van der Waals surface area contributed by atoms with Crippen LogP contribution in [0.25, 0.3) is 16.4 Å². The molecule has 2 aromatic heterocycles. The van der Waals surface area contributed by atoms with Crippen LogP contribution in [0.5, 0.6) is 5.88 Å². The molecule has 0 aliphatic rings. The van der Waals surface area contributed by atoms with Crippen LogP contribution in [0, 0.1) is 0 Å². The van der Waals surface area contributed by atoms with Crippen LogP contribution in [0.3, 0.4) is 0 Å². The summed E-state index contributed by atoms with van der Waals surface area (Å²) in [4.78, 5) is 0. The lowest BCUT2D eigenvalue weighted by Gasteiger charge is -2.09. The average molecular weight is 326 g/mol. The van der Waals surface area contributed by atoms with Crippen LogP contribution in [0.15, 0.2) is 30.6 Å². The van der Waals surface area contributed by atoms with Gasteiger partial charge in [0.15, 0.2) is 5.65 Å². The Bertz CT molecular complexity index is 768. The van der Waals surface area contributed by atoms with Crippen molar-refractivity contribution in [2.45, 2.75) is 58.3 Å². The molecule has 0 amide bonds. The molecule has 0 saturated heterocycles. The fourth-order valence-electron chi connectivity index (χ4n) is 3.01. The first kappa shape index (κ1) is 16.7. The number of rotatable bonds is 10. The summed E-state index contributed by atoms with van der Waals surface area (Å²) in [5.41, 5.74) is 0.769. The lowest BCUT2D eigenvalue weighted by atomic mass is 10.1. The standard InChI is InChI=1S/C19H26N4O/c1-2-3-4-5-6-7-8-11-14-24-19-17-13-10-9-12-16(17)18-21-20-15-23(18)22-19/h9-10,12-13,15H,2-8,11,14H2,1H3. The number of unbranched alkanes of at least 4 members (excludes halogenated alkanes) is 7. The molecule has 5 nitrogen and oxygen atoms in total. The highest BCUT2D eigenvalue weighted by molar-refractivity contribution is 5.96. The highest BCUT2D eigenvalue weighted by Gasteiger charge is 2.10. The van der Waals surface area contributed by atoms with Crippen molar-refractivity contribution in [1.29, 1.82) is 0 Å². The predicted molar refractivity (Wildman–Crippen MR) is 96.4 cm³/mol. The van der Waals surface area contributed by atoms with Crippen molar-refractivity contribution >= 4 is 16.4 Å². The second-order valence-electron chi connectivity index (χ2n) is 6.27. The van der Waals surface area contributed by atoms with Gasteiger partial charge in [-0.15, -0.1) is 15.3 Å². The van der Waals surface area contributed by atoms with Crippen LogP contribution in [-0.4, -0.2) is 26.4 Å². The summed E-state index contributed by atoms with van der Waals surface area (Å²) >= 11 is 0. The summed E-state index contributed by atoms with van der Waals surface area (Å²) in [6.45, 7) is 2.96. The normalized spacial score (nSPS) is 11.4. The van der Waals surface area contributed by atoms with Gasteiger partial charge < -0.3 is 4.74 Å². The Morgan fingerprint density at radius 2 is 1.62 bits per heavy atom. The van der Waals surface area contributed by atoms with E-state index in [0.717, 1.165) is 22.8 Å². The first-order valence-corrected chi connectivity index (χ1v) is 9.11. The van der Waals surface area contributed by atoms with Crippen molar-refractivity contribution in [3.8, 4) is 5.88 Å². The lowest BCUT2D eigenvalue weighted by molar-refractivity contribution is 0.293. The van der Waals surface area contributed by atoms with Crippen molar-refractivity contribution in [1.82, 2.24) is 19.8 Å². The number of aromatic nitrogens is 4. The highest BCUT2D eigenvalue weighted by atomic mass is 16.5. The SMILES string of the molecule is CCCCCCCCCCOc1nn2cnnc2c2ccccc12. The van der Waals surface area contributed by atoms with Gasteiger partial charge in [0.25, 0.3) is 0 Å². The average Bonchev–Trinajstić information content (AvgIpc) is 3.09. The second-order valence-corrected chi connectivity index (χ2v) is 6.27. The Hall–Kier alpha value is -2.17. The number of ether oxygens (including phenoxy) is 1. The van der Waals surface area contributed by atoms with E-state index in [9.17, 15) is 0 Å². The Kier molecular flexibility index (Phi) is 5.99. The number of benzene rings is 1. The Labute approximate surface area is 143 Å². The lowest BCUT2D eigenvalue weighted by Crippen LogP contribution is -2.03. The molecule has 1 aromatic carbocycles. The van der Waals surface area contributed by atoms with Gasteiger partial charge >= 0.3 is 0 Å². The smallest absolute Gasteiger partial charge is 0.239 e. The van der Waals surface area contributed by atoms with Crippen LogP contribution < -0.4 is 4.74 Å². The summed E-state index contributed by atoms with van der Waals surface area (Å²) in [5, 5.41) is 14.6. The number of hydrogen-bond donors (Lipinski definition) is 0. The Morgan fingerprint density at radius 1 is 0.917 bits per heavy atom. The van der Waals surface area contributed by atoms with Gasteiger partial charge in [0, 0.05) is 10.8 Å². The maximum atomic E-state index is 5.95. The summed E-state index contributed by atoms with van der Waals surface area (Å²) < 4.78 is 7.64. The van der Waals surface area contributed by atoms with Crippen molar-refractivity contribution in [2.75, 3.05) is 6.61 Å². The van der Waals surface area contributed by atoms with E-state index in [1.807, 2.05) is 24.3 Å². The molecule has 0 atom stereocenters. The Morgan fingerprint density at radius 3 is 2.42 bits per heavy atom. The molecule has 2 heterocycles. The van der Waals surface area contributed by atoms with E-state index >= 15 is 0 Å². The maximum Gasteiger partial charge on any atom is 0.239 e. The maximum absolute atomic E-state index is 5.95. The zero-order valence-electron chi connectivity index (χ0n) is 14.4. The van der Waals surface area contributed by atoms with E-state index in [1.54, 1.807) is 10.8 Å². The molecule has 0 radical (unpaired) electrons. The molecule has 3 rings (SSSR count). The zero-order chi connectivity index (χ0) is 16.6. The minimum absolute atomic E-state index is 0.667. The first-order valence-electron chi connectivity index (χ1n) is 9.11. The number of fused-ring (bicyclic) bond motifs is 3. The fourth-order valence-corrected chi connectivity index (χ4v) is 3.01. The van der Waals surface area contributed by atoms with Crippen molar-refractivity contribution in [3.63, 3.8) is 0 Å².